The first kappa shape index (κ1) is 23.6. The molecule has 0 radical (unpaired) electrons. The van der Waals surface area contributed by atoms with E-state index in [0.717, 1.165) is 19.3 Å². The molecular formula is C25H32O5. The average Bonchev–Trinajstić information content (AvgIpc) is 2.76. The van der Waals surface area contributed by atoms with E-state index in [1.54, 1.807) is 30.3 Å². The van der Waals surface area contributed by atoms with Gasteiger partial charge >= 0.3 is 0 Å². The highest BCUT2D eigenvalue weighted by Gasteiger charge is 2.37. The van der Waals surface area contributed by atoms with Crippen LogP contribution >= 0.6 is 0 Å². The number of Topliss-reactive ketones (excluding diaryl/α,β-unsaturated/α-hetero) is 2. The highest BCUT2D eigenvalue weighted by Crippen LogP contribution is 2.32. The van der Waals surface area contributed by atoms with Crippen LogP contribution in [0.2, 0.25) is 0 Å². The molecular weight excluding hydrogens is 380 g/mol. The van der Waals surface area contributed by atoms with E-state index in [1.165, 1.54) is 6.92 Å². The van der Waals surface area contributed by atoms with Crippen LogP contribution in [0.5, 0.6) is 11.5 Å². The second-order valence-corrected chi connectivity index (χ2v) is 7.34. The third-order valence-corrected chi connectivity index (χ3v) is 5.09. The molecule has 0 saturated heterocycles. The summed E-state index contributed by atoms with van der Waals surface area (Å²) in [5, 5.41) is 10.2. The minimum absolute atomic E-state index is 0.0139. The van der Waals surface area contributed by atoms with Gasteiger partial charge in [-0.2, -0.15) is 0 Å². The number of carbonyl (C=O) groups is 2. The van der Waals surface area contributed by atoms with Crippen LogP contribution in [0.4, 0.5) is 0 Å². The van der Waals surface area contributed by atoms with Crippen LogP contribution in [-0.2, 0) is 0 Å². The summed E-state index contributed by atoms with van der Waals surface area (Å²) in [5.74, 6) is 1.06. The predicted octanol–water partition coefficient (Wildman–Crippen LogP) is 5.25. The molecule has 162 valence electrons. The van der Waals surface area contributed by atoms with Crippen LogP contribution in [0.1, 0.15) is 73.6 Å². The molecule has 1 fully saturated rings. The van der Waals surface area contributed by atoms with Crippen molar-refractivity contribution in [3.8, 4) is 11.5 Å². The van der Waals surface area contributed by atoms with Crippen LogP contribution in [0.3, 0.4) is 0 Å². The minimum Gasteiger partial charge on any atom is -0.490 e. The highest BCUT2D eigenvalue weighted by atomic mass is 16.5. The average molecular weight is 413 g/mol. The normalized spacial score (nSPS) is 14.8. The number of aliphatic hydroxyl groups is 1. The predicted molar refractivity (Wildman–Crippen MR) is 118 cm³/mol. The number of benzene rings is 2. The zero-order valence-electron chi connectivity index (χ0n) is 18.1. The Balaban J connectivity index is 0.000000214. The molecule has 1 N–H and O–H groups in total. The fraction of sp³-hybridized carbons (Fsp3) is 0.440. The maximum Gasteiger partial charge on any atom is 0.194 e. The first-order valence-electron chi connectivity index (χ1n) is 10.6. The Hall–Kier alpha value is -2.66. The van der Waals surface area contributed by atoms with Gasteiger partial charge in [0.25, 0.3) is 0 Å². The Morgan fingerprint density at radius 2 is 1.53 bits per heavy atom. The summed E-state index contributed by atoms with van der Waals surface area (Å²) in [4.78, 5) is 23.4. The Morgan fingerprint density at radius 1 is 0.900 bits per heavy atom. The molecule has 0 aliphatic heterocycles. The van der Waals surface area contributed by atoms with Crippen molar-refractivity contribution in [2.75, 3.05) is 13.2 Å². The third kappa shape index (κ3) is 6.17. The maximum atomic E-state index is 12.1. The molecule has 5 nitrogen and oxygen atoms in total. The van der Waals surface area contributed by atoms with Crippen molar-refractivity contribution in [3.05, 3.63) is 59.7 Å². The Morgan fingerprint density at radius 3 is 2.10 bits per heavy atom. The van der Waals surface area contributed by atoms with Gasteiger partial charge in [-0.25, -0.2) is 0 Å². The summed E-state index contributed by atoms with van der Waals surface area (Å²) in [5.41, 5.74) is 0.101. The van der Waals surface area contributed by atoms with Gasteiger partial charge in [0, 0.05) is 5.56 Å². The Bertz CT molecular complexity index is 823. The molecule has 2 aromatic carbocycles. The second-order valence-electron chi connectivity index (χ2n) is 7.34. The van der Waals surface area contributed by atoms with Gasteiger partial charge in [-0.15, -0.1) is 0 Å². The van der Waals surface area contributed by atoms with E-state index >= 15 is 0 Å². The quantitative estimate of drug-likeness (QED) is 0.629. The van der Waals surface area contributed by atoms with Crippen LogP contribution in [0, 0.1) is 0 Å². The van der Waals surface area contributed by atoms with Crippen LogP contribution < -0.4 is 9.47 Å². The van der Waals surface area contributed by atoms with Gasteiger partial charge in [0.1, 0.15) is 5.60 Å². The number of carbonyl (C=O) groups excluding carboxylic acids is 2. The van der Waals surface area contributed by atoms with Gasteiger partial charge in [0.05, 0.1) is 18.8 Å². The van der Waals surface area contributed by atoms with E-state index in [-0.39, 0.29) is 11.6 Å². The first-order chi connectivity index (χ1) is 14.4. The zero-order valence-corrected chi connectivity index (χ0v) is 18.1. The Labute approximate surface area is 179 Å². The molecule has 0 atom stereocenters. The highest BCUT2D eigenvalue weighted by molar-refractivity contribution is 6.02. The molecule has 30 heavy (non-hydrogen) atoms. The topological polar surface area (TPSA) is 72.8 Å². The van der Waals surface area contributed by atoms with E-state index in [2.05, 4.69) is 0 Å². The molecule has 0 amide bonds. The van der Waals surface area contributed by atoms with Crippen LogP contribution in [0.15, 0.2) is 48.5 Å². The maximum absolute atomic E-state index is 12.1. The molecule has 0 spiro atoms. The van der Waals surface area contributed by atoms with E-state index in [9.17, 15) is 14.7 Å². The summed E-state index contributed by atoms with van der Waals surface area (Å²) in [6.07, 6.45) is 4.26. The summed E-state index contributed by atoms with van der Waals surface area (Å²) >= 11 is 0. The SMILES string of the molecule is CCOc1cccc(C(C)=O)c1OCC.O=C(c1ccccc1)C1(O)CCCCC1. The van der Waals surface area contributed by atoms with Crippen molar-refractivity contribution in [2.24, 2.45) is 0 Å². The molecule has 1 saturated carbocycles. The summed E-state index contributed by atoms with van der Waals surface area (Å²) in [6, 6.07) is 14.4. The second kappa shape index (κ2) is 11.5. The van der Waals surface area contributed by atoms with Crippen molar-refractivity contribution >= 4 is 11.6 Å². The van der Waals surface area contributed by atoms with Gasteiger partial charge in [-0.05, 0) is 45.7 Å². The number of para-hydroxylation sites is 1. The lowest BCUT2D eigenvalue weighted by Crippen LogP contribution is -2.40. The fourth-order valence-corrected chi connectivity index (χ4v) is 3.58. The molecule has 0 bridgehead atoms. The van der Waals surface area contributed by atoms with Crippen molar-refractivity contribution < 1.29 is 24.2 Å². The van der Waals surface area contributed by atoms with Gasteiger partial charge in [0.15, 0.2) is 23.1 Å². The smallest absolute Gasteiger partial charge is 0.194 e. The molecule has 3 rings (SSSR count). The third-order valence-electron chi connectivity index (χ3n) is 5.09. The zero-order chi connectivity index (χ0) is 22.0. The number of ether oxygens (including phenoxy) is 2. The largest absolute Gasteiger partial charge is 0.490 e. The number of rotatable bonds is 7. The monoisotopic (exact) mass is 412 g/mol. The van der Waals surface area contributed by atoms with E-state index in [4.69, 9.17) is 9.47 Å². The molecule has 0 unspecified atom stereocenters. The molecule has 0 aromatic heterocycles. The van der Waals surface area contributed by atoms with Crippen molar-refractivity contribution in [1.29, 1.82) is 0 Å². The summed E-state index contributed by atoms with van der Waals surface area (Å²) in [7, 11) is 0. The summed E-state index contributed by atoms with van der Waals surface area (Å²) < 4.78 is 10.8. The van der Waals surface area contributed by atoms with Crippen molar-refractivity contribution in [2.45, 2.75) is 58.5 Å². The molecule has 0 heterocycles. The Kier molecular flexibility index (Phi) is 9.06. The number of hydrogen-bond acceptors (Lipinski definition) is 5. The molecule has 1 aliphatic carbocycles. The molecule has 1 aliphatic rings. The van der Waals surface area contributed by atoms with Crippen LogP contribution in [0.25, 0.3) is 0 Å². The standard InChI is InChI=1S/C13H16O2.C12H16O3/c14-12(11-7-3-1-4-8-11)13(15)9-5-2-6-10-13;1-4-14-11-8-6-7-10(9(3)13)12(11)15-5-2/h1,3-4,7-8,15H,2,5-6,9-10H2;6-8H,4-5H2,1-3H3. The van der Waals surface area contributed by atoms with E-state index < -0.39 is 5.60 Å². The minimum atomic E-state index is -1.10. The van der Waals surface area contributed by atoms with Gasteiger partial charge in [0.2, 0.25) is 0 Å². The lowest BCUT2D eigenvalue weighted by atomic mass is 9.79. The summed E-state index contributed by atoms with van der Waals surface area (Å²) in [6.45, 7) is 6.38. The van der Waals surface area contributed by atoms with Crippen molar-refractivity contribution in [3.63, 3.8) is 0 Å². The van der Waals surface area contributed by atoms with Gasteiger partial charge in [-0.3, -0.25) is 9.59 Å². The van der Waals surface area contributed by atoms with Gasteiger partial charge in [-0.1, -0.05) is 55.7 Å². The molecule has 5 heteroatoms. The number of hydrogen-bond donors (Lipinski definition) is 1. The lowest BCUT2D eigenvalue weighted by Gasteiger charge is -2.30. The molecule has 2 aromatic rings. The number of ketones is 2. The van der Waals surface area contributed by atoms with E-state index in [0.29, 0.717) is 48.7 Å². The first-order valence-corrected chi connectivity index (χ1v) is 10.6. The lowest BCUT2D eigenvalue weighted by molar-refractivity contribution is 0.0116. The van der Waals surface area contributed by atoms with Crippen molar-refractivity contribution in [1.82, 2.24) is 0 Å². The van der Waals surface area contributed by atoms with Gasteiger partial charge < -0.3 is 14.6 Å². The fourth-order valence-electron chi connectivity index (χ4n) is 3.58. The van der Waals surface area contributed by atoms with Crippen LogP contribution in [-0.4, -0.2) is 35.5 Å². The van der Waals surface area contributed by atoms with E-state index in [1.807, 2.05) is 32.0 Å².